The molecular formula is C13H26N2O2. The van der Waals surface area contributed by atoms with Crippen molar-refractivity contribution in [2.45, 2.75) is 46.7 Å². The first-order valence-electron chi connectivity index (χ1n) is 6.22. The second-order valence-electron chi connectivity index (χ2n) is 4.82. The van der Waals surface area contributed by atoms with E-state index in [9.17, 15) is 4.79 Å². The minimum Gasteiger partial charge on any atom is -0.478 e. The predicted molar refractivity (Wildman–Crippen MR) is 71.2 cm³/mol. The van der Waals surface area contributed by atoms with Crippen LogP contribution in [-0.4, -0.2) is 47.7 Å². The van der Waals surface area contributed by atoms with Crippen LogP contribution in [-0.2, 0) is 4.79 Å². The van der Waals surface area contributed by atoms with Gasteiger partial charge in [0.1, 0.15) is 0 Å². The van der Waals surface area contributed by atoms with Gasteiger partial charge in [0.05, 0.1) is 0 Å². The van der Waals surface area contributed by atoms with Crippen LogP contribution in [0.25, 0.3) is 0 Å². The Balaban J connectivity index is 3.84. The lowest BCUT2D eigenvalue weighted by Crippen LogP contribution is -2.41. The van der Waals surface area contributed by atoms with Crippen molar-refractivity contribution in [1.29, 1.82) is 0 Å². The summed E-state index contributed by atoms with van der Waals surface area (Å²) in [4.78, 5) is 12.9. The van der Waals surface area contributed by atoms with E-state index >= 15 is 0 Å². The summed E-state index contributed by atoms with van der Waals surface area (Å²) in [5.41, 5.74) is 0.391. The molecule has 0 heterocycles. The number of nitrogens with one attached hydrogen (secondary N) is 1. The number of rotatable bonds is 8. The molecule has 0 atom stereocenters. The molecule has 4 nitrogen and oxygen atoms in total. The molecule has 100 valence electrons. The first-order valence-corrected chi connectivity index (χ1v) is 6.22. The second-order valence-corrected chi connectivity index (χ2v) is 4.82. The molecule has 2 N–H and O–H groups in total. The number of aliphatic carboxylic acids is 1. The van der Waals surface area contributed by atoms with Crippen LogP contribution in [0.15, 0.2) is 11.6 Å². The molecule has 0 radical (unpaired) electrons. The Labute approximate surface area is 105 Å². The maximum Gasteiger partial charge on any atom is 0.330 e. The third-order valence-electron chi connectivity index (χ3n) is 2.76. The fourth-order valence-corrected chi connectivity index (χ4v) is 1.74. The molecule has 0 aromatic rings. The molecule has 0 aliphatic rings. The van der Waals surface area contributed by atoms with Gasteiger partial charge in [0.2, 0.25) is 0 Å². The summed E-state index contributed by atoms with van der Waals surface area (Å²) in [6, 6.07) is 1.07. The van der Waals surface area contributed by atoms with Crippen LogP contribution in [0, 0.1) is 0 Å². The molecule has 0 aliphatic carbocycles. The maximum atomic E-state index is 10.5. The minimum atomic E-state index is -0.849. The van der Waals surface area contributed by atoms with Crippen LogP contribution in [0.3, 0.4) is 0 Å². The summed E-state index contributed by atoms with van der Waals surface area (Å²) in [5, 5.41) is 11.9. The Hall–Kier alpha value is -0.870. The lowest BCUT2D eigenvalue weighted by atomic mass is 10.2. The van der Waals surface area contributed by atoms with Gasteiger partial charge in [-0.05, 0) is 34.6 Å². The van der Waals surface area contributed by atoms with E-state index in [0.29, 0.717) is 24.2 Å². The molecule has 0 aromatic heterocycles. The maximum absolute atomic E-state index is 10.5. The van der Waals surface area contributed by atoms with E-state index in [1.807, 2.05) is 0 Å². The summed E-state index contributed by atoms with van der Waals surface area (Å²) in [5.74, 6) is -0.849. The highest BCUT2D eigenvalue weighted by Gasteiger charge is 2.11. The molecular weight excluding hydrogens is 216 g/mol. The van der Waals surface area contributed by atoms with Gasteiger partial charge in [0.25, 0.3) is 0 Å². The van der Waals surface area contributed by atoms with Crippen molar-refractivity contribution < 1.29 is 9.90 Å². The highest BCUT2D eigenvalue weighted by molar-refractivity contribution is 5.85. The second kappa shape index (κ2) is 8.25. The van der Waals surface area contributed by atoms with Gasteiger partial charge in [-0.1, -0.05) is 6.08 Å². The quantitative estimate of drug-likeness (QED) is 0.503. The Morgan fingerprint density at radius 3 is 2.24 bits per heavy atom. The fraction of sp³-hybridized carbons (Fsp3) is 0.769. The van der Waals surface area contributed by atoms with E-state index in [1.54, 1.807) is 13.0 Å². The number of hydrogen-bond acceptors (Lipinski definition) is 3. The third kappa shape index (κ3) is 7.13. The van der Waals surface area contributed by atoms with E-state index in [0.717, 1.165) is 13.1 Å². The lowest BCUT2D eigenvalue weighted by Gasteiger charge is -2.30. The molecule has 0 aromatic carbocycles. The van der Waals surface area contributed by atoms with E-state index in [2.05, 4.69) is 37.9 Å². The number of carbonyl (C=O) groups is 1. The highest BCUT2D eigenvalue weighted by atomic mass is 16.4. The van der Waals surface area contributed by atoms with Gasteiger partial charge >= 0.3 is 5.97 Å². The standard InChI is InChI=1S/C13H26N2O2/c1-10(2)15(11(3)4)9-8-14-7-6-12(5)13(16)17/h6,10-11,14H,7-9H2,1-5H3,(H,16,17)/b12-6-. The Morgan fingerprint density at radius 1 is 1.29 bits per heavy atom. The van der Waals surface area contributed by atoms with Crippen molar-refractivity contribution in [2.24, 2.45) is 0 Å². The average molecular weight is 242 g/mol. The van der Waals surface area contributed by atoms with Crippen LogP contribution in [0.4, 0.5) is 0 Å². The van der Waals surface area contributed by atoms with Crippen molar-refractivity contribution in [3.8, 4) is 0 Å². The molecule has 0 saturated heterocycles. The Morgan fingerprint density at radius 2 is 1.82 bits per heavy atom. The molecule has 0 fully saturated rings. The fourth-order valence-electron chi connectivity index (χ4n) is 1.74. The van der Waals surface area contributed by atoms with Crippen LogP contribution < -0.4 is 5.32 Å². The number of nitrogens with zero attached hydrogens (tertiary/aromatic N) is 1. The summed E-state index contributed by atoms with van der Waals surface area (Å²) in [7, 11) is 0. The van der Waals surface area contributed by atoms with Crippen molar-refractivity contribution in [1.82, 2.24) is 10.2 Å². The molecule has 0 unspecified atom stereocenters. The zero-order chi connectivity index (χ0) is 13.4. The smallest absolute Gasteiger partial charge is 0.330 e. The van der Waals surface area contributed by atoms with Crippen LogP contribution in [0.2, 0.25) is 0 Å². The van der Waals surface area contributed by atoms with Gasteiger partial charge in [-0.25, -0.2) is 4.79 Å². The molecule has 0 aliphatic heterocycles. The molecule has 17 heavy (non-hydrogen) atoms. The Kier molecular flexibility index (Phi) is 7.83. The number of hydrogen-bond donors (Lipinski definition) is 2. The van der Waals surface area contributed by atoms with Crippen molar-refractivity contribution in [3.05, 3.63) is 11.6 Å². The lowest BCUT2D eigenvalue weighted by molar-refractivity contribution is -0.132. The first-order chi connectivity index (χ1) is 7.86. The van der Waals surface area contributed by atoms with Crippen molar-refractivity contribution in [2.75, 3.05) is 19.6 Å². The zero-order valence-electron chi connectivity index (χ0n) is 11.7. The molecule has 0 saturated carbocycles. The molecule has 0 spiro atoms. The largest absolute Gasteiger partial charge is 0.478 e. The molecule has 0 amide bonds. The molecule has 0 rings (SSSR count). The van der Waals surface area contributed by atoms with Gasteiger partial charge in [-0.15, -0.1) is 0 Å². The number of carboxylic acid groups (broad SMARTS) is 1. The summed E-state index contributed by atoms with van der Waals surface area (Å²) in [6.45, 7) is 12.8. The van der Waals surface area contributed by atoms with Gasteiger partial charge in [0.15, 0.2) is 0 Å². The van der Waals surface area contributed by atoms with Gasteiger partial charge in [-0.2, -0.15) is 0 Å². The normalized spacial score (nSPS) is 12.8. The summed E-state index contributed by atoms with van der Waals surface area (Å²) < 4.78 is 0. The van der Waals surface area contributed by atoms with E-state index < -0.39 is 5.97 Å². The van der Waals surface area contributed by atoms with Crippen molar-refractivity contribution >= 4 is 5.97 Å². The summed E-state index contributed by atoms with van der Waals surface area (Å²) in [6.07, 6.45) is 1.71. The van der Waals surface area contributed by atoms with Crippen LogP contribution >= 0.6 is 0 Å². The minimum absolute atomic E-state index is 0.391. The molecule has 4 heteroatoms. The number of carboxylic acids is 1. The van der Waals surface area contributed by atoms with Crippen LogP contribution in [0.5, 0.6) is 0 Å². The third-order valence-corrected chi connectivity index (χ3v) is 2.76. The van der Waals surface area contributed by atoms with Crippen LogP contribution in [0.1, 0.15) is 34.6 Å². The topological polar surface area (TPSA) is 52.6 Å². The zero-order valence-corrected chi connectivity index (χ0v) is 11.7. The average Bonchev–Trinajstić information content (AvgIpc) is 2.21. The van der Waals surface area contributed by atoms with Gasteiger partial charge in [-0.3, -0.25) is 4.90 Å². The van der Waals surface area contributed by atoms with E-state index in [-0.39, 0.29) is 0 Å². The van der Waals surface area contributed by atoms with Gasteiger partial charge in [0, 0.05) is 37.3 Å². The van der Waals surface area contributed by atoms with Crippen molar-refractivity contribution in [3.63, 3.8) is 0 Å². The predicted octanol–water partition coefficient (Wildman–Crippen LogP) is 1.73. The highest BCUT2D eigenvalue weighted by Crippen LogP contribution is 2.03. The Bertz CT molecular complexity index is 252. The van der Waals surface area contributed by atoms with E-state index in [1.165, 1.54) is 0 Å². The SMILES string of the molecule is C/C(=C/CNCCN(C(C)C)C(C)C)C(=O)O. The van der Waals surface area contributed by atoms with E-state index in [4.69, 9.17) is 5.11 Å². The molecule has 0 bridgehead atoms. The summed E-state index contributed by atoms with van der Waals surface area (Å²) >= 11 is 0. The van der Waals surface area contributed by atoms with Gasteiger partial charge < -0.3 is 10.4 Å². The monoisotopic (exact) mass is 242 g/mol. The first kappa shape index (κ1) is 16.1.